The van der Waals surface area contributed by atoms with Crippen LogP contribution in [0.5, 0.6) is 0 Å². The van der Waals surface area contributed by atoms with Crippen LogP contribution in [0.3, 0.4) is 0 Å². The van der Waals surface area contributed by atoms with E-state index in [-0.39, 0.29) is 0 Å². The van der Waals surface area contributed by atoms with Crippen molar-refractivity contribution in [3.63, 3.8) is 0 Å². The van der Waals surface area contributed by atoms with Gasteiger partial charge in [0.25, 0.3) is 0 Å². The molecule has 8 unspecified atom stereocenters. The van der Waals surface area contributed by atoms with Crippen molar-refractivity contribution in [2.45, 2.75) is 69.8 Å². The molecule has 0 spiro atoms. The zero-order chi connectivity index (χ0) is 16.3. The van der Waals surface area contributed by atoms with Crippen molar-refractivity contribution in [1.82, 2.24) is 0 Å². The first-order valence-electron chi connectivity index (χ1n) is 8.98. The predicted octanol–water partition coefficient (Wildman–Crippen LogP) is 5.63. The quantitative estimate of drug-likeness (QED) is 0.545. The molecular weight excluding hydrogens is 352 g/mol. The molecular formula is C18H28F3Se. The summed E-state index contributed by atoms with van der Waals surface area (Å²) >= 11 is 2.43. The van der Waals surface area contributed by atoms with E-state index in [1.807, 2.05) is 0 Å². The van der Waals surface area contributed by atoms with E-state index in [1.165, 1.54) is 32.6 Å². The van der Waals surface area contributed by atoms with Gasteiger partial charge in [-0.15, -0.1) is 0 Å². The third-order valence-electron chi connectivity index (χ3n) is 6.89. The molecule has 0 saturated heterocycles. The first-order chi connectivity index (χ1) is 10.2. The Hall–Kier alpha value is 0.309. The van der Waals surface area contributed by atoms with Gasteiger partial charge in [0.1, 0.15) is 0 Å². The van der Waals surface area contributed by atoms with E-state index >= 15 is 0 Å². The molecule has 0 aromatic carbocycles. The molecule has 2 bridgehead atoms. The molecule has 0 aliphatic heterocycles. The second kappa shape index (κ2) is 5.69. The molecule has 4 aliphatic rings. The van der Waals surface area contributed by atoms with Crippen LogP contribution in [0.1, 0.15) is 59.3 Å². The number of hydrogen-bond donors (Lipinski definition) is 0. The summed E-state index contributed by atoms with van der Waals surface area (Å²) in [5.74, 6) is 5.31. The first-order valence-corrected chi connectivity index (χ1v) is 9.84. The van der Waals surface area contributed by atoms with Gasteiger partial charge < -0.3 is 0 Å². The normalized spacial score (nSPS) is 47.3. The summed E-state index contributed by atoms with van der Waals surface area (Å²) in [6.07, 6.45) is 2.52. The fourth-order valence-electron chi connectivity index (χ4n) is 6.04. The van der Waals surface area contributed by atoms with E-state index in [0.29, 0.717) is 18.3 Å². The van der Waals surface area contributed by atoms with Gasteiger partial charge in [0.2, 0.25) is 0 Å². The van der Waals surface area contributed by atoms with Crippen LogP contribution in [0.4, 0.5) is 13.2 Å². The second-order valence-electron chi connectivity index (χ2n) is 8.36. The molecule has 127 valence electrons. The number of halogens is 3. The summed E-state index contributed by atoms with van der Waals surface area (Å²) in [4.78, 5) is 0. The minimum atomic E-state index is -4.10. The summed E-state index contributed by atoms with van der Waals surface area (Å²) in [5, 5.41) is 0. The maximum Gasteiger partial charge on any atom is -0.0590 e. The largest absolute Gasteiger partial charge is 0.0656 e. The third-order valence-corrected chi connectivity index (χ3v) is 7.73. The molecule has 4 rings (SSSR count). The minimum absolute atomic E-state index is 0.304. The molecule has 4 aliphatic carbocycles. The van der Waals surface area contributed by atoms with E-state index in [1.54, 1.807) is 0 Å². The van der Waals surface area contributed by atoms with E-state index in [2.05, 4.69) is 29.9 Å². The van der Waals surface area contributed by atoms with Gasteiger partial charge in [-0.25, -0.2) is 0 Å². The van der Waals surface area contributed by atoms with Gasteiger partial charge in [0, 0.05) is 0 Å². The van der Waals surface area contributed by atoms with Crippen LogP contribution in [0, 0.1) is 41.4 Å². The topological polar surface area (TPSA) is 0 Å². The van der Waals surface area contributed by atoms with E-state index in [4.69, 9.17) is 0 Å². The Morgan fingerprint density at radius 2 is 1.50 bits per heavy atom. The molecule has 0 N–H and O–H groups in total. The average Bonchev–Trinajstić information content (AvgIpc) is 2.85. The van der Waals surface area contributed by atoms with Crippen LogP contribution < -0.4 is 0 Å². The Balaban J connectivity index is 0.000000446. The maximum absolute atomic E-state index is 13.0. The molecule has 0 heterocycles. The standard InChI is InChI=1S/C15H20F3Se.C3H8/c1-14(19,15(16,17)18)6-8-4-7-5-11(8)13-10-3-2-9(10)12(7)13;1-3-2/h7-13H,2-6H2,1H3;3H2,1-2H3. The predicted molar refractivity (Wildman–Crippen MR) is 83.7 cm³/mol. The van der Waals surface area contributed by atoms with Crippen LogP contribution >= 0.6 is 0 Å². The van der Waals surface area contributed by atoms with Crippen molar-refractivity contribution in [2.75, 3.05) is 0 Å². The van der Waals surface area contributed by atoms with Gasteiger partial charge >= 0.3 is 120 Å². The Bertz CT molecular complexity index is 417. The molecule has 0 amide bonds. The van der Waals surface area contributed by atoms with Crippen LogP contribution in [0.15, 0.2) is 0 Å². The summed E-state index contributed by atoms with van der Waals surface area (Å²) < 4.78 is 37.5. The van der Waals surface area contributed by atoms with Gasteiger partial charge in [0.15, 0.2) is 0 Å². The van der Waals surface area contributed by atoms with Crippen molar-refractivity contribution >= 4 is 16.0 Å². The summed E-state index contributed by atoms with van der Waals surface area (Å²) in [6, 6.07) is 0. The number of rotatable bonds is 2. The summed E-state index contributed by atoms with van der Waals surface area (Å²) in [7, 11) is 0. The molecule has 0 aromatic rings. The van der Waals surface area contributed by atoms with Gasteiger partial charge in [0.05, 0.1) is 0 Å². The van der Waals surface area contributed by atoms with Gasteiger partial charge in [-0.1, -0.05) is 20.3 Å². The molecule has 1 radical (unpaired) electrons. The second-order valence-corrected chi connectivity index (χ2v) is 10.2. The van der Waals surface area contributed by atoms with Gasteiger partial charge in [-0.3, -0.25) is 0 Å². The fourth-order valence-corrected chi connectivity index (χ4v) is 6.49. The van der Waals surface area contributed by atoms with Crippen molar-refractivity contribution in [3.05, 3.63) is 0 Å². The SMILES string of the molecule is CC([Se])(CC1CC2CC1C1C3CCC3C21)C(F)(F)F.CCC. The Morgan fingerprint density at radius 3 is 2.00 bits per heavy atom. The van der Waals surface area contributed by atoms with Crippen molar-refractivity contribution in [1.29, 1.82) is 0 Å². The third kappa shape index (κ3) is 2.48. The van der Waals surface area contributed by atoms with Crippen molar-refractivity contribution in [3.8, 4) is 0 Å². The van der Waals surface area contributed by atoms with Crippen LogP contribution in [-0.4, -0.2) is 22.2 Å². The number of fused-ring (bicyclic) bond motifs is 8. The molecule has 4 saturated carbocycles. The zero-order valence-corrected chi connectivity index (χ0v) is 15.5. The molecule has 4 fully saturated rings. The monoisotopic (exact) mass is 381 g/mol. The fraction of sp³-hybridized carbons (Fsp3) is 1.00. The molecule has 0 aromatic heterocycles. The number of hydrogen-bond acceptors (Lipinski definition) is 0. The summed E-state index contributed by atoms with van der Waals surface area (Å²) in [5.41, 5.74) is 0. The zero-order valence-electron chi connectivity index (χ0n) is 13.8. The van der Waals surface area contributed by atoms with E-state index in [0.717, 1.165) is 36.0 Å². The maximum atomic E-state index is 13.0. The Kier molecular flexibility index (Phi) is 4.43. The molecule has 22 heavy (non-hydrogen) atoms. The smallest absolute Gasteiger partial charge is 0.0590 e. The van der Waals surface area contributed by atoms with E-state index in [9.17, 15) is 13.2 Å². The van der Waals surface area contributed by atoms with Crippen LogP contribution in [0.2, 0.25) is 4.31 Å². The first kappa shape index (κ1) is 17.1. The van der Waals surface area contributed by atoms with Gasteiger partial charge in [-0.2, -0.15) is 0 Å². The number of alkyl halides is 3. The van der Waals surface area contributed by atoms with Gasteiger partial charge in [-0.05, 0) is 0 Å². The van der Waals surface area contributed by atoms with Crippen molar-refractivity contribution in [2.24, 2.45) is 41.4 Å². The minimum Gasteiger partial charge on any atom is -0.0656 e. The average molecular weight is 380 g/mol. The van der Waals surface area contributed by atoms with Crippen molar-refractivity contribution < 1.29 is 13.2 Å². The Labute approximate surface area is 140 Å². The van der Waals surface area contributed by atoms with E-state index < -0.39 is 10.5 Å². The molecule has 8 atom stereocenters. The Morgan fingerprint density at radius 1 is 0.955 bits per heavy atom. The molecule has 0 nitrogen and oxygen atoms in total. The molecule has 4 heteroatoms. The summed E-state index contributed by atoms with van der Waals surface area (Å²) in [6.45, 7) is 5.59. The van der Waals surface area contributed by atoms with Crippen LogP contribution in [-0.2, 0) is 0 Å². The van der Waals surface area contributed by atoms with Crippen LogP contribution in [0.25, 0.3) is 0 Å².